The third kappa shape index (κ3) is 4.59. The third-order valence-electron chi connectivity index (χ3n) is 5.25. The number of hydrogen-bond donors (Lipinski definition) is 3. The summed E-state index contributed by atoms with van der Waals surface area (Å²) < 4.78 is 43.7. The molecular formula is C22H19F3N4O4. The highest BCUT2D eigenvalue weighted by molar-refractivity contribution is 6.04. The zero-order chi connectivity index (χ0) is 23.8. The first kappa shape index (κ1) is 22.5. The molecule has 4 rings (SSSR count). The molecule has 4 N–H and O–H groups in total. The molecule has 1 aliphatic rings. The van der Waals surface area contributed by atoms with Gasteiger partial charge in [0.1, 0.15) is 5.82 Å². The van der Waals surface area contributed by atoms with Gasteiger partial charge in [-0.25, -0.2) is 4.98 Å². The number of benzene rings is 2. The van der Waals surface area contributed by atoms with Crippen molar-refractivity contribution in [3.05, 3.63) is 60.3 Å². The molecule has 3 aromatic rings. The number of aromatic nitrogens is 1. The molecule has 2 amide bonds. The molecule has 0 saturated carbocycles. The number of carbonyl (C=O) groups is 2. The van der Waals surface area contributed by atoms with Crippen molar-refractivity contribution in [3.63, 3.8) is 0 Å². The van der Waals surface area contributed by atoms with E-state index in [1.807, 2.05) is 0 Å². The fourth-order valence-electron chi connectivity index (χ4n) is 3.55. The minimum absolute atomic E-state index is 0.00990. The number of aliphatic hydroxyl groups excluding tert-OH is 1. The van der Waals surface area contributed by atoms with Crippen molar-refractivity contribution in [2.45, 2.75) is 18.4 Å². The lowest BCUT2D eigenvalue weighted by molar-refractivity contribution is -0.150. The Morgan fingerprint density at radius 2 is 1.94 bits per heavy atom. The number of halogens is 3. The summed E-state index contributed by atoms with van der Waals surface area (Å²) >= 11 is 0. The summed E-state index contributed by atoms with van der Waals surface area (Å²) in [6, 6.07) is 10.6. The van der Waals surface area contributed by atoms with Crippen LogP contribution in [0, 0.1) is 0 Å². The number of nitrogens with one attached hydrogen (secondary N) is 1. The molecule has 172 valence electrons. The molecule has 1 unspecified atom stereocenters. The second-order valence-electron chi connectivity index (χ2n) is 7.39. The van der Waals surface area contributed by atoms with Crippen molar-refractivity contribution < 1.29 is 32.6 Å². The van der Waals surface area contributed by atoms with Crippen molar-refractivity contribution >= 4 is 39.8 Å². The van der Waals surface area contributed by atoms with Gasteiger partial charge >= 0.3 is 6.18 Å². The topological polar surface area (TPSA) is 118 Å². The summed E-state index contributed by atoms with van der Waals surface area (Å²) in [6.07, 6.45) is -6.34. The predicted molar refractivity (Wildman–Crippen MR) is 114 cm³/mol. The number of morpholine rings is 1. The third-order valence-corrected chi connectivity index (χ3v) is 5.25. The number of ether oxygens (including phenoxy) is 1. The summed E-state index contributed by atoms with van der Waals surface area (Å²) in [7, 11) is 0. The first-order valence-electron chi connectivity index (χ1n) is 9.88. The lowest BCUT2D eigenvalue weighted by Gasteiger charge is -2.34. The van der Waals surface area contributed by atoms with E-state index in [1.54, 1.807) is 24.3 Å². The van der Waals surface area contributed by atoms with E-state index >= 15 is 0 Å². The fourth-order valence-corrected chi connectivity index (χ4v) is 3.55. The van der Waals surface area contributed by atoms with E-state index in [4.69, 9.17) is 10.5 Å². The van der Waals surface area contributed by atoms with Crippen LogP contribution in [0.4, 0.5) is 30.4 Å². The average molecular weight is 460 g/mol. The summed E-state index contributed by atoms with van der Waals surface area (Å²) in [6.45, 7) is 0.0548. The molecule has 1 aliphatic heterocycles. The largest absolute Gasteiger partial charge is 0.416 e. The second-order valence-corrected chi connectivity index (χ2v) is 7.39. The molecule has 0 aliphatic carbocycles. The van der Waals surface area contributed by atoms with Gasteiger partial charge < -0.3 is 25.8 Å². The lowest BCUT2D eigenvalue weighted by atomic mass is 10.1. The number of aliphatic hydroxyl groups is 1. The van der Waals surface area contributed by atoms with Gasteiger partial charge in [0.05, 0.1) is 12.2 Å². The molecule has 8 nitrogen and oxygen atoms in total. The van der Waals surface area contributed by atoms with E-state index in [1.165, 1.54) is 11.1 Å². The highest BCUT2D eigenvalue weighted by atomic mass is 19.4. The number of anilines is 3. The fraction of sp³-hybridized carbons (Fsp3) is 0.227. The van der Waals surface area contributed by atoms with Gasteiger partial charge in [-0.15, -0.1) is 0 Å². The van der Waals surface area contributed by atoms with Crippen LogP contribution >= 0.6 is 0 Å². The average Bonchev–Trinajstić information content (AvgIpc) is 2.78. The van der Waals surface area contributed by atoms with Crippen LogP contribution in [0.2, 0.25) is 0 Å². The van der Waals surface area contributed by atoms with Crippen LogP contribution in [0.15, 0.2) is 54.7 Å². The Kier molecular flexibility index (Phi) is 5.91. The smallest absolute Gasteiger partial charge is 0.383 e. The van der Waals surface area contributed by atoms with Crippen LogP contribution in [0.5, 0.6) is 0 Å². The molecular weight excluding hydrogens is 441 g/mol. The summed E-state index contributed by atoms with van der Waals surface area (Å²) in [5.41, 5.74) is 5.52. The zero-order valence-electron chi connectivity index (χ0n) is 17.0. The summed E-state index contributed by atoms with van der Waals surface area (Å²) in [5.74, 6) is -1.28. The molecule has 1 saturated heterocycles. The maximum atomic E-state index is 12.8. The van der Waals surface area contributed by atoms with Crippen LogP contribution in [0.1, 0.15) is 5.56 Å². The molecule has 11 heteroatoms. The Hall–Kier alpha value is -3.70. The number of pyridine rings is 1. The first-order valence-corrected chi connectivity index (χ1v) is 9.88. The van der Waals surface area contributed by atoms with Gasteiger partial charge in [0.25, 0.3) is 11.8 Å². The van der Waals surface area contributed by atoms with Gasteiger partial charge in [-0.05, 0) is 53.9 Å². The maximum Gasteiger partial charge on any atom is 0.416 e. The van der Waals surface area contributed by atoms with E-state index in [0.29, 0.717) is 22.3 Å². The number of rotatable bonds is 4. The Morgan fingerprint density at radius 1 is 1.21 bits per heavy atom. The van der Waals surface area contributed by atoms with Gasteiger partial charge in [0.2, 0.25) is 0 Å². The van der Waals surface area contributed by atoms with Crippen LogP contribution in [-0.4, -0.2) is 47.3 Å². The molecule has 2 aromatic carbocycles. The molecule has 2 atom stereocenters. The molecule has 0 spiro atoms. The van der Waals surface area contributed by atoms with Crippen molar-refractivity contribution in [2.75, 3.05) is 29.1 Å². The highest BCUT2D eigenvalue weighted by Crippen LogP contribution is 2.31. The molecule has 1 fully saturated rings. The minimum Gasteiger partial charge on any atom is -0.383 e. The Bertz CT molecular complexity index is 1200. The van der Waals surface area contributed by atoms with E-state index in [9.17, 15) is 27.9 Å². The molecule has 2 heterocycles. The van der Waals surface area contributed by atoms with Crippen molar-refractivity contribution in [3.8, 4) is 0 Å². The van der Waals surface area contributed by atoms with Crippen LogP contribution < -0.4 is 16.0 Å². The quantitative estimate of drug-likeness (QED) is 0.551. The maximum absolute atomic E-state index is 12.8. The standard InChI is InChI=1S/C22H19F3N4O4/c23-22(24,25)13-1-4-15(5-2-13)29-9-10-33-18(21(29)32)17(30)20(31)28-14-3-6-16-12(11-14)7-8-27-19(16)26/h1-8,11,17-18,30H,9-10H2,(H2,26,27)(H,28,31)/t17-,18?/m1/s1. The number of amides is 2. The van der Waals surface area contributed by atoms with Gasteiger partial charge in [-0.2, -0.15) is 13.2 Å². The van der Waals surface area contributed by atoms with Gasteiger partial charge in [0.15, 0.2) is 12.2 Å². The van der Waals surface area contributed by atoms with E-state index in [0.717, 1.165) is 24.3 Å². The van der Waals surface area contributed by atoms with Crippen LogP contribution in [-0.2, 0) is 20.5 Å². The monoisotopic (exact) mass is 460 g/mol. The number of hydrogen-bond acceptors (Lipinski definition) is 6. The first-order chi connectivity index (χ1) is 15.6. The van der Waals surface area contributed by atoms with Gasteiger partial charge in [-0.1, -0.05) is 0 Å². The second kappa shape index (κ2) is 8.68. The molecule has 1 aromatic heterocycles. The number of fused-ring (bicyclic) bond motifs is 1. The van der Waals surface area contributed by atoms with E-state index in [-0.39, 0.29) is 18.8 Å². The number of carbonyl (C=O) groups excluding carboxylic acids is 2. The van der Waals surface area contributed by atoms with Gasteiger partial charge in [-0.3, -0.25) is 9.59 Å². The van der Waals surface area contributed by atoms with E-state index < -0.39 is 35.8 Å². The lowest BCUT2D eigenvalue weighted by Crippen LogP contribution is -2.55. The number of nitrogen functional groups attached to an aromatic ring is 1. The van der Waals surface area contributed by atoms with Crippen LogP contribution in [0.3, 0.4) is 0 Å². The summed E-state index contributed by atoms with van der Waals surface area (Å²) in [5, 5.41) is 14.4. The number of nitrogens with two attached hydrogens (primary N) is 1. The molecule has 33 heavy (non-hydrogen) atoms. The van der Waals surface area contributed by atoms with E-state index in [2.05, 4.69) is 10.3 Å². The zero-order valence-corrected chi connectivity index (χ0v) is 17.0. The van der Waals surface area contributed by atoms with Crippen molar-refractivity contribution in [1.82, 2.24) is 4.98 Å². The van der Waals surface area contributed by atoms with Gasteiger partial charge in [0, 0.05) is 29.5 Å². The molecule has 0 bridgehead atoms. The summed E-state index contributed by atoms with van der Waals surface area (Å²) in [4.78, 5) is 30.6. The SMILES string of the molecule is Nc1nccc2cc(NC(=O)[C@H](O)C3OCCN(c4ccc(C(F)(F)F)cc4)C3=O)ccc12. The van der Waals surface area contributed by atoms with Crippen LogP contribution in [0.25, 0.3) is 10.8 Å². The number of alkyl halides is 3. The number of nitrogens with zero attached hydrogens (tertiary/aromatic N) is 2. The Morgan fingerprint density at radius 3 is 2.64 bits per heavy atom. The minimum atomic E-state index is -4.50. The Balaban J connectivity index is 1.47. The van der Waals surface area contributed by atoms with Crippen molar-refractivity contribution in [1.29, 1.82) is 0 Å². The normalized spacial score (nSPS) is 17.8. The van der Waals surface area contributed by atoms with Crippen molar-refractivity contribution in [2.24, 2.45) is 0 Å². The predicted octanol–water partition coefficient (Wildman–Crippen LogP) is 2.57. The Labute approximate surface area is 185 Å². The molecule has 0 radical (unpaired) electrons. The highest BCUT2D eigenvalue weighted by Gasteiger charge is 2.39.